The molecule has 1 aliphatic carbocycles. The van der Waals surface area contributed by atoms with Crippen LogP contribution in [-0.4, -0.2) is 35.0 Å². The second-order valence-corrected chi connectivity index (χ2v) is 6.35. The van der Waals surface area contributed by atoms with Crippen molar-refractivity contribution in [2.45, 2.75) is 37.5 Å². The average molecular weight is 314 g/mol. The van der Waals surface area contributed by atoms with E-state index in [4.69, 9.17) is 11.6 Å². The molecule has 2 unspecified atom stereocenters. The van der Waals surface area contributed by atoms with Crippen LogP contribution in [0.1, 0.15) is 36.5 Å². The van der Waals surface area contributed by atoms with Gasteiger partial charge in [-0.25, -0.2) is 4.98 Å². The Morgan fingerprint density at radius 2 is 2.35 bits per heavy atom. The highest BCUT2D eigenvalue weighted by molar-refractivity contribution is 7.99. The van der Waals surface area contributed by atoms with Gasteiger partial charge in [0.15, 0.2) is 0 Å². The number of amides is 1. The number of aromatic nitrogens is 1. The lowest BCUT2D eigenvalue weighted by Gasteiger charge is -2.19. The van der Waals surface area contributed by atoms with Crippen molar-refractivity contribution in [2.24, 2.45) is 0 Å². The van der Waals surface area contributed by atoms with E-state index in [0.717, 1.165) is 13.0 Å². The van der Waals surface area contributed by atoms with E-state index in [1.807, 2.05) is 18.7 Å². The molecule has 4 nitrogen and oxygen atoms in total. The van der Waals surface area contributed by atoms with Crippen molar-refractivity contribution in [1.82, 2.24) is 10.3 Å². The maximum Gasteiger partial charge on any atom is 0.253 e. The van der Waals surface area contributed by atoms with Crippen LogP contribution in [0.3, 0.4) is 0 Å². The lowest BCUT2D eigenvalue weighted by atomic mass is 10.2. The van der Waals surface area contributed by atoms with Crippen LogP contribution in [0.4, 0.5) is 5.82 Å². The summed E-state index contributed by atoms with van der Waals surface area (Å²) in [6.45, 7) is 2.74. The third kappa shape index (κ3) is 3.58. The van der Waals surface area contributed by atoms with E-state index in [1.165, 1.54) is 19.0 Å². The molecular formula is C14H20ClN3OS. The molecule has 1 fully saturated rings. The number of thioether (sulfide) groups is 1. The molecular weight excluding hydrogens is 294 g/mol. The van der Waals surface area contributed by atoms with Gasteiger partial charge in [-0.15, -0.1) is 0 Å². The first-order chi connectivity index (χ1) is 9.65. The molecule has 20 heavy (non-hydrogen) atoms. The first-order valence-electron chi connectivity index (χ1n) is 6.88. The second kappa shape index (κ2) is 7.18. The Labute approximate surface area is 129 Å². The molecule has 1 saturated carbocycles. The molecule has 1 aliphatic rings. The largest absolute Gasteiger partial charge is 0.370 e. The fourth-order valence-electron chi connectivity index (χ4n) is 2.51. The molecule has 0 radical (unpaired) electrons. The van der Waals surface area contributed by atoms with Gasteiger partial charge < -0.3 is 10.6 Å². The zero-order chi connectivity index (χ0) is 14.5. The average Bonchev–Trinajstić information content (AvgIpc) is 2.88. The van der Waals surface area contributed by atoms with Gasteiger partial charge in [-0.05, 0) is 32.1 Å². The molecule has 2 rings (SSSR count). The van der Waals surface area contributed by atoms with Crippen molar-refractivity contribution < 1.29 is 4.79 Å². The van der Waals surface area contributed by atoms with Gasteiger partial charge in [0.25, 0.3) is 5.91 Å². The predicted octanol–water partition coefficient (Wildman–Crippen LogP) is 3.18. The van der Waals surface area contributed by atoms with Crippen molar-refractivity contribution in [1.29, 1.82) is 0 Å². The molecule has 110 valence electrons. The van der Waals surface area contributed by atoms with Gasteiger partial charge in [0.1, 0.15) is 5.82 Å². The Morgan fingerprint density at radius 3 is 3.05 bits per heavy atom. The molecule has 0 bridgehead atoms. The standard InChI is InChI=1S/C14H20ClN3OS/c1-3-16-13-7-9(10(15)8-17-13)14(19)18-11-5-4-6-12(11)20-2/h7-8,11-12H,3-6H2,1-2H3,(H,16,17)(H,18,19). The third-order valence-corrected chi connectivity index (χ3v) is 5.00. The highest BCUT2D eigenvalue weighted by Crippen LogP contribution is 2.29. The Balaban J connectivity index is 2.10. The minimum atomic E-state index is -0.109. The molecule has 0 aliphatic heterocycles. The number of carbonyl (C=O) groups is 1. The number of nitrogens with zero attached hydrogens (tertiary/aromatic N) is 1. The summed E-state index contributed by atoms with van der Waals surface area (Å²) < 4.78 is 0. The molecule has 0 spiro atoms. The quantitative estimate of drug-likeness (QED) is 0.876. The first kappa shape index (κ1) is 15.4. The van der Waals surface area contributed by atoms with Crippen LogP contribution in [0.25, 0.3) is 0 Å². The van der Waals surface area contributed by atoms with E-state index in [9.17, 15) is 4.79 Å². The van der Waals surface area contributed by atoms with E-state index in [1.54, 1.807) is 6.07 Å². The molecule has 2 N–H and O–H groups in total. The summed E-state index contributed by atoms with van der Waals surface area (Å²) in [5, 5.41) is 7.10. The molecule has 0 aromatic carbocycles. The van der Waals surface area contributed by atoms with Crippen LogP contribution in [0.5, 0.6) is 0 Å². The van der Waals surface area contributed by atoms with Crippen LogP contribution in [0, 0.1) is 0 Å². The summed E-state index contributed by atoms with van der Waals surface area (Å²) in [7, 11) is 0. The Hall–Kier alpha value is -0.940. The molecule has 1 amide bonds. The highest BCUT2D eigenvalue weighted by atomic mass is 35.5. The Morgan fingerprint density at radius 1 is 1.55 bits per heavy atom. The van der Waals surface area contributed by atoms with Crippen LogP contribution in [-0.2, 0) is 0 Å². The van der Waals surface area contributed by atoms with Gasteiger partial charge in [-0.1, -0.05) is 18.0 Å². The Kier molecular flexibility index (Phi) is 5.54. The summed E-state index contributed by atoms with van der Waals surface area (Å²) in [5.41, 5.74) is 0.490. The van der Waals surface area contributed by atoms with Crippen LogP contribution in [0.15, 0.2) is 12.3 Å². The lowest BCUT2D eigenvalue weighted by Crippen LogP contribution is -2.38. The van der Waals surface area contributed by atoms with Gasteiger partial charge in [0.05, 0.1) is 10.6 Å². The molecule has 1 aromatic heterocycles. The predicted molar refractivity (Wildman–Crippen MR) is 85.8 cm³/mol. The van der Waals surface area contributed by atoms with Gasteiger partial charge in [-0.2, -0.15) is 11.8 Å². The molecule has 0 saturated heterocycles. The highest BCUT2D eigenvalue weighted by Gasteiger charge is 2.28. The van der Waals surface area contributed by atoms with E-state index in [0.29, 0.717) is 21.7 Å². The summed E-state index contributed by atoms with van der Waals surface area (Å²) in [4.78, 5) is 16.5. The Bertz CT molecular complexity index is 483. The summed E-state index contributed by atoms with van der Waals surface area (Å²) in [6, 6.07) is 1.95. The van der Waals surface area contributed by atoms with Crippen molar-refractivity contribution >= 4 is 35.1 Å². The third-order valence-electron chi connectivity index (χ3n) is 3.53. The van der Waals surface area contributed by atoms with Gasteiger partial charge in [0, 0.05) is 24.0 Å². The van der Waals surface area contributed by atoms with Crippen LogP contribution in [0.2, 0.25) is 5.02 Å². The number of rotatable bonds is 5. The minimum absolute atomic E-state index is 0.109. The fraction of sp³-hybridized carbons (Fsp3) is 0.571. The van der Waals surface area contributed by atoms with Crippen molar-refractivity contribution in [2.75, 3.05) is 18.1 Å². The first-order valence-corrected chi connectivity index (χ1v) is 8.55. The zero-order valence-corrected chi connectivity index (χ0v) is 13.4. The summed E-state index contributed by atoms with van der Waals surface area (Å²) in [6.07, 6.45) is 7.00. The van der Waals surface area contributed by atoms with E-state index < -0.39 is 0 Å². The van der Waals surface area contributed by atoms with Gasteiger partial charge in [0.2, 0.25) is 0 Å². The van der Waals surface area contributed by atoms with Gasteiger partial charge >= 0.3 is 0 Å². The number of nitrogens with one attached hydrogen (secondary N) is 2. The molecule has 1 aromatic rings. The van der Waals surface area contributed by atoms with Crippen LogP contribution < -0.4 is 10.6 Å². The maximum absolute atomic E-state index is 12.4. The number of anilines is 1. The second-order valence-electron chi connectivity index (χ2n) is 4.86. The van der Waals surface area contributed by atoms with E-state index in [2.05, 4.69) is 21.9 Å². The number of carbonyl (C=O) groups excluding carboxylic acids is 1. The van der Waals surface area contributed by atoms with E-state index >= 15 is 0 Å². The van der Waals surface area contributed by atoms with Crippen LogP contribution >= 0.6 is 23.4 Å². The number of pyridine rings is 1. The smallest absolute Gasteiger partial charge is 0.253 e. The summed E-state index contributed by atoms with van der Waals surface area (Å²) >= 11 is 7.91. The normalized spacial score (nSPS) is 21.8. The lowest BCUT2D eigenvalue weighted by molar-refractivity contribution is 0.0939. The topological polar surface area (TPSA) is 54.0 Å². The zero-order valence-electron chi connectivity index (χ0n) is 11.8. The number of hydrogen-bond acceptors (Lipinski definition) is 4. The number of halogens is 1. The number of hydrogen-bond donors (Lipinski definition) is 2. The molecule has 2 atom stereocenters. The van der Waals surface area contributed by atoms with E-state index in [-0.39, 0.29) is 11.9 Å². The van der Waals surface area contributed by atoms with Crippen molar-refractivity contribution in [3.8, 4) is 0 Å². The monoisotopic (exact) mass is 313 g/mol. The fourth-order valence-corrected chi connectivity index (χ4v) is 3.63. The van der Waals surface area contributed by atoms with Crippen molar-refractivity contribution in [3.63, 3.8) is 0 Å². The molecule has 6 heteroatoms. The van der Waals surface area contributed by atoms with Crippen molar-refractivity contribution in [3.05, 3.63) is 22.8 Å². The molecule has 1 heterocycles. The maximum atomic E-state index is 12.4. The summed E-state index contributed by atoms with van der Waals surface area (Å²) in [5.74, 6) is 0.567. The SMILES string of the molecule is CCNc1cc(C(=O)NC2CCCC2SC)c(Cl)cn1. The minimum Gasteiger partial charge on any atom is -0.370 e. The van der Waals surface area contributed by atoms with Gasteiger partial charge in [-0.3, -0.25) is 4.79 Å².